The average Bonchev–Trinajstić information content (AvgIpc) is 2.62. The number of halogens is 1. The van der Waals surface area contributed by atoms with E-state index in [1.165, 1.54) is 12.1 Å². The number of amides is 1. The molecule has 0 radical (unpaired) electrons. The molecule has 2 N–H and O–H groups in total. The fourth-order valence-corrected chi connectivity index (χ4v) is 2.38. The van der Waals surface area contributed by atoms with Crippen LogP contribution in [-0.4, -0.2) is 32.7 Å². The fraction of sp³-hybridized carbons (Fsp3) is 0.316. The highest BCUT2D eigenvalue weighted by molar-refractivity contribution is 5.74. The minimum atomic E-state index is -0.332. The third-order valence-corrected chi connectivity index (χ3v) is 3.72. The van der Waals surface area contributed by atoms with Crippen LogP contribution in [0, 0.1) is 5.82 Å². The van der Waals surface area contributed by atoms with E-state index in [4.69, 9.17) is 15.2 Å². The first-order valence-electron chi connectivity index (χ1n) is 8.14. The molecule has 0 aliphatic rings. The standard InChI is InChI=1S/C19H23FN2O3/c1-24-17-9-5-16(6-10-17)22(13-11-19(21)23)12-2-14-25-18-7-3-15(20)4-8-18/h3-10H,2,11-14H2,1H3,(H2,21,23). The molecule has 1 amide bonds. The maximum absolute atomic E-state index is 12.9. The topological polar surface area (TPSA) is 64.8 Å². The van der Waals surface area contributed by atoms with Crippen molar-refractivity contribution in [3.63, 3.8) is 0 Å². The van der Waals surface area contributed by atoms with Crippen LogP contribution in [0.1, 0.15) is 12.8 Å². The predicted molar refractivity (Wildman–Crippen MR) is 95.5 cm³/mol. The van der Waals surface area contributed by atoms with Crippen LogP contribution < -0.4 is 20.1 Å². The van der Waals surface area contributed by atoms with Gasteiger partial charge in [-0.2, -0.15) is 0 Å². The van der Waals surface area contributed by atoms with Gasteiger partial charge in [-0.1, -0.05) is 0 Å². The summed E-state index contributed by atoms with van der Waals surface area (Å²) in [6, 6.07) is 13.6. The Morgan fingerprint density at radius 3 is 2.28 bits per heavy atom. The van der Waals surface area contributed by atoms with Crippen molar-refractivity contribution in [2.45, 2.75) is 12.8 Å². The minimum Gasteiger partial charge on any atom is -0.497 e. The molecular formula is C19H23FN2O3. The quantitative estimate of drug-likeness (QED) is 0.672. The molecular weight excluding hydrogens is 323 g/mol. The molecule has 2 rings (SSSR count). The van der Waals surface area contributed by atoms with Crippen LogP contribution in [0.3, 0.4) is 0 Å². The lowest BCUT2D eigenvalue weighted by Gasteiger charge is -2.24. The Kier molecular flexibility index (Phi) is 7.07. The van der Waals surface area contributed by atoms with Crippen molar-refractivity contribution in [2.75, 3.05) is 31.7 Å². The van der Waals surface area contributed by atoms with E-state index in [2.05, 4.69) is 4.90 Å². The molecule has 0 atom stereocenters. The molecule has 2 aromatic rings. The molecule has 2 aromatic carbocycles. The average molecular weight is 346 g/mol. The molecule has 0 unspecified atom stereocenters. The zero-order valence-corrected chi connectivity index (χ0v) is 14.3. The van der Waals surface area contributed by atoms with Crippen molar-refractivity contribution in [1.82, 2.24) is 0 Å². The molecule has 0 aromatic heterocycles. The Bertz CT molecular complexity index is 659. The maximum atomic E-state index is 12.9. The van der Waals surface area contributed by atoms with Gasteiger partial charge in [0.15, 0.2) is 0 Å². The van der Waals surface area contributed by atoms with E-state index in [1.54, 1.807) is 19.2 Å². The van der Waals surface area contributed by atoms with Crippen molar-refractivity contribution in [3.8, 4) is 11.5 Å². The summed E-state index contributed by atoms with van der Waals surface area (Å²) in [5.41, 5.74) is 6.26. The van der Waals surface area contributed by atoms with Gasteiger partial charge in [0.25, 0.3) is 0 Å². The molecule has 0 aliphatic carbocycles. The number of anilines is 1. The van der Waals surface area contributed by atoms with Crippen molar-refractivity contribution >= 4 is 11.6 Å². The van der Waals surface area contributed by atoms with E-state index in [0.717, 1.165) is 17.9 Å². The molecule has 0 bridgehead atoms. The van der Waals surface area contributed by atoms with Crippen LogP contribution in [0.5, 0.6) is 11.5 Å². The Morgan fingerprint density at radius 2 is 1.68 bits per heavy atom. The number of nitrogens with two attached hydrogens (primary N) is 1. The summed E-state index contributed by atoms with van der Waals surface area (Å²) < 4.78 is 23.6. The number of hydrogen-bond acceptors (Lipinski definition) is 4. The Hall–Kier alpha value is -2.76. The number of methoxy groups -OCH3 is 1. The number of ether oxygens (including phenoxy) is 2. The van der Waals surface area contributed by atoms with Gasteiger partial charge in [-0.05, 0) is 55.0 Å². The van der Waals surface area contributed by atoms with Crippen molar-refractivity contribution in [1.29, 1.82) is 0 Å². The van der Waals surface area contributed by atoms with E-state index >= 15 is 0 Å². The van der Waals surface area contributed by atoms with Gasteiger partial charge in [-0.3, -0.25) is 4.79 Å². The summed E-state index contributed by atoms with van der Waals surface area (Å²) in [6.45, 7) is 1.74. The van der Waals surface area contributed by atoms with Crippen LogP contribution in [0.4, 0.5) is 10.1 Å². The summed E-state index contributed by atoms with van der Waals surface area (Å²) in [7, 11) is 1.62. The second-order valence-electron chi connectivity index (χ2n) is 5.56. The van der Waals surface area contributed by atoms with Gasteiger partial charge in [0, 0.05) is 25.2 Å². The molecule has 5 nitrogen and oxygen atoms in total. The van der Waals surface area contributed by atoms with Gasteiger partial charge in [0.1, 0.15) is 17.3 Å². The molecule has 0 aliphatic heterocycles. The number of nitrogens with zero attached hydrogens (tertiary/aromatic N) is 1. The number of rotatable bonds is 10. The molecule has 0 saturated heterocycles. The van der Waals surface area contributed by atoms with Crippen LogP contribution in [0.15, 0.2) is 48.5 Å². The van der Waals surface area contributed by atoms with Crippen molar-refractivity contribution < 1.29 is 18.7 Å². The van der Waals surface area contributed by atoms with Crippen LogP contribution in [-0.2, 0) is 4.79 Å². The Balaban J connectivity index is 1.88. The van der Waals surface area contributed by atoms with Gasteiger partial charge in [0.2, 0.25) is 5.91 Å². The van der Waals surface area contributed by atoms with Crippen molar-refractivity contribution in [2.24, 2.45) is 5.73 Å². The second kappa shape index (κ2) is 9.52. The summed E-state index contributed by atoms with van der Waals surface area (Å²) >= 11 is 0. The predicted octanol–water partition coefficient (Wildman–Crippen LogP) is 2.99. The molecule has 134 valence electrons. The maximum Gasteiger partial charge on any atom is 0.219 e. The number of primary amides is 1. The minimum absolute atomic E-state index is 0.283. The molecule has 0 spiro atoms. The SMILES string of the molecule is COc1ccc(N(CCCOc2ccc(F)cc2)CCC(N)=O)cc1. The van der Waals surface area contributed by atoms with E-state index in [1.807, 2.05) is 24.3 Å². The fourth-order valence-electron chi connectivity index (χ4n) is 2.38. The zero-order chi connectivity index (χ0) is 18.1. The molecule has 0 saturated carbocycles. The summed E-state index contributed by atoms with van der Waals surface area (Å²) in [5, 5.41) is 0. The summed E-state index contributed by atoms with van der Waals surface area (Å²) in [4.78, 5) is 13.2. The first-order valence-corrected chi connectivity index (χ1v) is 8.14. The molecule has 6 heteroatoms. The number of carbonyl (C=O) groups is 1. The zero-order valence-electron chi connectivity index (χ0n) is 14.3. The van der Waals surface area contributed by atoms with Gasteiger partial charge >= 0.3 is 0 Å². The number of hydrogen-bond donors (Lipinski definition) is 1. The summed E-state index contributed by atoms with van der Waals surface area (Å²) in [5.74, 6) is 0.790. The Morgan fingerprint density at radius 1 is 1.04 bits per heavy atom. The van der Waals surface area contributed by atoms with Gasteiger partial charge in [-0.25, -0.2) is 4.39 Å². The van der Waals surface area contributed by atoms with E-state index in [9.17, 15) is 9.18 Å². The molecule has 0 fully saturated rings. The largest absolute Gasteiger partial charge is 0.497 e. The van der Waals surface area contributed by atoms with Gasteiger partial charge < -0.3 is 20.1 Å². The van der Waals surface area contributed by atoms with Crippen LogP contribution in [0.2, 0.25) is 0 Å². The van der Waals surface area contributed by atoms with E-state index in [0.29, 0.717) is 25.4 Å². The second-order valence-corrected chi connectivity index (χ2v) is 5.56. The lowest BCUT2D eigenvalue weighted by molar-refractivity contribution is -0.117. The Labute approximate surface area is 147 Å². The highest BCUT2D eigenvalue weighted by Crippen LogP contribution is 2.20. The van der Waals surface area contributed by atoms with Crippen LogP contribution in [0.25, 0.3) is 0 Å². The molecule has 25 heavy (non-hydrogen) atoms. The third-order valence-electron chi connectivity index (χ3n) is 3.72. The highest BCUT2D eigenvalue weighted by atomic mass is 19.1. The summed E-state index contributed by atoms with van der Waals surface area (Å²) in [6.07, 6.45) is 1.03. The lowest BCUT2D eigenvalue weighted by Crippen LogP contribution is -2.29. The smallest absolute Gasteiger partial charge is 0.219 e. The first-order chi connectivity index (χ1) is 12.1. The molecule has 0 heterocycles. The normalized spacial score (nSPS) is 10.3. The number of carbonyl (C=O) groups excluding carboxylic acids is 1. The van der Waals surface area contributed by atoms with Gasteiger partial charge in [0.05, 0.1) is 13.7 Å². The van der Waals surface area contributed by atoms with E-state index in [-0.39, 0.29) is 18.1 Å². The number of benzene rings is 2. The third kappa shape index (κ3) is 6.33. The monoisotopic (exact) mass is 346 g/mol. The first kappa shape index (κ1) is 18.6. The lowest BCUT2D eigenvalue weighted by atomic mass is 10.2. The van der Waals surface area contributed by atoms with Crippen LogP contribution >= 0.6 is 0 Å². The van der Waals surface area contributed by atoms with E-state index < -0.39 is 0 Å². The van der Waals surface area contributed by atoms with Gasteiger partial charge in [-0.15, -0.1) is 0 Å². The highest BCUT2D eigenvalue weighted by Gasteiger charge is 2.08. The van der Waals surface area contributed by atoms with Crippen molar-refractivity contribution in [3.05, 3.63) is 54.3 Å².